The zero-order chi connectivity index (χ0) is 22.8. The van der Waals surface area contributed by atoms with Gasteiger partial charge in [-0.3, -0.25) is 9.59 Å². The number of benzene rings is 2. The number of nitrogens with one attached hydrogen (secondary N) is 2. The van der Waals surface area contributed by atoms with Crippen molar-refractivity contribution < 1.29 is 27.2 Å². The first-order valence-corrected chi connectivity index (χ1v) is 9.43. The molecular weight excluding hydrogens is 409 g/mol. The highest BCUT2D eigenvalue weighted by Gasteiger charge is 2.34. The molecule has 0 aliphatic heterocycles. The summed E-state index contributed by atoms with van der Waals surface area (Å²) in [7, 11) is 0. The molecule has 8 heteroatoms. The molecule has 0 radical (unpaired) electrons. The van der Waals surface area contributed by atoms with Gasteiger partial charge in [0.1, 0.15) is 0 Å². The van der Waals surface area contributed by atoms with Gasteiger partial charge in [-0.25, -0.2) is 0 Å². The van der Waals surface area contributed by atoms with Gasteiger partial charge in [-0.05, 0) is 53.4 Å². The van der Waals surface area contributed by atoms with Gasteiger partial charge in [0.25, 0.3) is 11.8 Å². The molecule has 5 nitrogen and oxygen atoms in total. The number of halogens is 3. The average molecular weight is 430 g/mol. The second kappa shape index (κ2) is 8.29. The molecule has 0 unspecified atom stereocenters. The number of furan rings is 1. The summed E-state index contributed by atoms with van der Waals surface area (Å²) in [5.74, 6) is -1.39. The number of carbonyl (C=O) groups is 2. The molecule has 0 aliphatic carbocycles. The number of anilines is 2. The lowest BCUT2D eigenvalue weighted by Crippen LogP contribution is -2.18. The van der Waals surface area contributed by atoms with E-state index >= 15 is 0 Å². The Balaban J connectivity index is 1.83. The SMILES string of the molecule is CC(C)(C)c1ccc(C(=O)Nc2ccc(NC(=O)c3ccco3)cc2C(F)(F)F)cc1. The van der Waals surface area contributed by atoms with E-state index in [-0.39, 0.29) is 22.4 Å². The van der Waals surface area contributed by atoms with Crippen LogP contribution >= 0.6 is 0 Å². The van der Waals surface area contributed by atoms with Gasteiger partial charge in [0, 0.05) is 11.3 Å². The van der Waals surface area contributed by atoms with E-state index in [2.05, 4.69) is 10.6 Å². The first-order chi connectivity index (χ1) is 14.4. The lowest BCUT2D eigenvalue weighted by molar-refractivity contribution is -0.136. The standard InChI is InChI=1S/C23H21F3N2O3/c1-22(2,3)15-8-6-14(7-9-15)20(29)28-18-11-10-16(13-17(18)23(24,25)26)27-21(30)19-5-4-12-31-19/h4-13H,1-3H3,(H,27,30)(H,28,29). The van der Waals surface area contributed by atoms with Crippen molar-refractivity contribution in [3.8, 4) is 0 Å². The zero-order valence-electron chi connectivity index (χ0n) is 17.1. The minimum absolute atomic E-state index is 0.0374. The normalized spacial score (nSPS) is 11.8. The van der Waals surface area contributed by atoms with Crippen molar-refractivity contribution in [2.45, 2.75) is 32.4 Å². The molecule has 3 aromatic rings. The Morgan fingerprint density at radius 3 is 2.10 bits per heavy atom. The van der Waals surface area contributed by atoms with E-state index in [4.69, 9.17) is 4.42 Å². The summed E-state index contributed by atoms with van der Waals surface area (Å²) < 4.78 is 45.7. The van der Waals surface area contributed by atoms with Gasteiger partial charge < -0.3 is 15.1 Å². The van der Waals surface area contributed by atoms with E-state index < -0.39 is 29.2 Å². The van der Waals surface area contributed by atoms with Crippen molar-refractivity contribution in [3.63, 3.8) is 0 Å². The molecule has 1 aromatic heterocycles. The van der Waals surface area contributed by atoms with Crippen molar-refractivity contribution in [3.05, 3.63) is 83.3 Å². The summed E-state index contributed by atoms with van der Waals surface area (Å²) in [6.45, 7) is 6.05. The van der Waals surface area contributed by atoms with Crippen molar-refractivity contribution in [2.24, 2.45) is 0 Å². The van der Waals surface area contributed by atoms with Crippen LogP contribution in [0.15, 0.2) is 65.3 Å². The van der Waals surface area contributed by atoms with Crippen LogP contribution in [0.1, 0.15) is 52.8 Å². The third-order valence-electron chi connectivity index (χ3n) is 4.59. The Bertz CT molecular complexity index is 1080. The number of amides is 2. The molecule has 162 valence electrons. The molecule has 2 aromatic carbocycles. The van der Waals surface area contributed by atoms with Crippen LogP contribution in [0.25, 0.3) is 0 Å². The van der Waals surface area contributed by atoms with Gasteiger partial charge in [0.05, 0.1) is 17.5 Å². The van der Waals surface area contributed by atoms with E-state index in [0.29, 0.717) is 0 Å². The molecule has 0 fully saturated rings. The molecule has 31 heavy (non-hydrogen) atoms. The van der Waals surface area contributed by atoms with Gasteiger partial charge in [-0.2, -0.15) is 13.2 Å². The molecule has 0 saturated heterocycles. The average Bonchev–Trinajstić information content (AvgIpc) is 3.23. The van der Waals surface area contributed by atoms with E-state index in [0.717, 1.165) is 17.7 Å². The van der Waals surface area contributed by atoms with Gasteiger partial charge >= 0.3 is 6.18 Å². The topological polar surface area (TPSA) is 71.3 Å². The molecule has 0 spiro atoms. The molecule has 0 aliphatic rings. The number of hydrogen-bond acceptors (Lipinski definition) is 3. The second-order valence-corrected chi connectivity index (χ2v) is 7.97. The lowest BCUT2D eigenvalue weighted by Gasteiger charge is -2.19. The first kappa shape index (κ1) is 22.1. The fourth-order valence-electron chi connectivity index (χ4n) is 2.88. The number of carbonyl (C=O) groups excluding carboxylic acids is 2. The Morgan fingerprint density at radius 1 is 0.871 bits per heavy atom. The quantitative estimate of drug-likeness (QED) is 0.525. The Hall–Kier alpha value is -3.55. The fraction of sp³-hybridized carbons (Fsp3) is 0.217. The van der Waals surface area contributed by atoms with Crippen LogP contribution in [0, 0.1) is 0 Å². The highest BCUT2D eigenvalue weighted by molar-refractivity contribution is 6.05. The highest BCUT2D eigenvalue weighted by atomic mass is 19.4. The molecular formula is C23H21F3N2O3. The predicted octanol–water partition coefficient (Wildman–Crippen LogP) is 6.10. The fourth-order valence-corrected chi connectivity index (χ4v) is 2.88. The molecule has 3 rings (SSSR count). The van der Waals surface area contributed by atoms with Crippen molar-refractivity contribution in [1.29, 1.82) is 0 Å². The summed E-state index contributed by atoms with van der Waals surface area (Å²) in [5.41, 5.74) is -0.457. The molecule has 0 atom stereocenters. The highest BCUT2D eigenvalue weighted by Crippen LogP contribution is 2.37. The Labute approximate surface area is 177 Å². The molecule has 1 heterocycles. The lowest BCUT2D eigenvalue weighted by atomic mass is 9.86. The molecule has 0 bridgehead atoms. The third-order valence-corrected chi connectivity index (χ3v) is 4.59. The van der Waals surface area contributed by atoms with Crippen molar-refractivity contribution in [2.75, 3.05) is 10.6 Å². The number of alkyl halides is 3. The summed E-state index contributed by atoms with van der Waals surface area (Å²) in [4.78, 5) is 24.5. The van der Waals surface area contributed by atoms with Gasteiger partial charge in [0.15, 0.2) is 5.76 Å². The predicted molar refractivity (Wildman–Crippen MR) is 111 cm³/mol. The Kier molecular flexibility index (Phi) is 5.92. The maximum absolute atomic E-state index is 13.6. The zero-order valence-corrected chi connectivity index (χ0v) is 17.1. The summed E-state index contributed by atoms with van der Waals surface area (Å²) >= 11 is 0. The summed E-state index contributed by atoms with van der Waals surface area (Å²) in [6, 6.07) is 12.7. The third kappa shape index (κ3) is 5.33. The smallest absolute Gasteiger partial charge is 0.418 e. The minimum atomic E-state index is -4.75. The molecule has 0 saturated carbocycles. The van der Waals surface area contributed by atoms with Gasteiger partial charge in [-0.1, -0.05) is 32.9 Å². The van der Waals surface area contributed by atoms with E-state index in [1.807, 2.05) is 20.8 Å². The van der Waals surface area contributed by atoms with Crippen LogP contribution in [0.5, 0.6) is 0 Å². The molecule has 2 amide bonds. The van der Waals surface area contributed by atoms with Crippen LogP contribution in [-0.2, 0) is 11.6 Å². The van der Waals surface area contributed by atoms with Gasteiger partial charge in [-0.15, -0.1) is 0 Å². The maximum Gasteiger partial charge on any atom is 0.418 e. The van der Waals surface area contributed by atoms with Crippen LogP contribution in [0.3, 0.4) is 0 Å². The van der Waals surface area contributed by atoms with E-state index in [1.54, 1.807) is 24.3 Å². The summed E-state index contributed by atoms with van der Waals surface area (Å²) in [5, 5.41) is 4.65. The minimum Gasteiger partial charge on any atom is -0.459 e. The van der Waals surface area contributed by atoms with Crippen LogP contribution < -0.4 is 10.6 Å². The van der Waals surface area contributed by atoms with Crippen LogP contribution in [0.4, 0.5) is 24.5 Å². The summed E-state index contributed by atoms with van der Waals surface area (Å²) in [6.07, 6.45) is -3.47. The van der Waals surface area contributed by atoms with Gasteiger partial charge in [0.2, 0.25) is 0 Å². The monoisotopic (exact) mass is 430 g/mol. The van der Waals surface area contributed by atoms with Crippen LogP contribution in [0.2, 0.25) is 0 Å². The number of rotatable bonds is 4. The van der Waals surface area contributed by atoms with E-state index in [1.165, 1.54) is 24.5 Å². The maximum atomic E-state index is 13.6. The number of hydrogen-bond donors (Lipinski definition) is 2. The van der Waals surface area contributed by atoms with Crippen molar-refractivity contribution in [1.82, 2.24) is 0 Å². The van der Waals surface area contributed by atoms with Crippen LogP contribution in [-0.4, -0.2) is 11.8 Å². The Morgan fingerprint density at radius 2 is 1.55 bits per heavy atom. The second-order valence-electron chi connectivity index (χ2n) is 7.97. The van der Waals surface area contributed by atoms with E-state index in [9.17, 15) is 22.8 Å². The largest absolute Gasteiger partial charge is 0.459 e. The molecule has 2 N–H and O–H groups in total. The first-order valence-electron chi connectivity index (χ1n) is 9.43. The van der Waals surface area contributed by atoms with Crippen molar-refractivity contribution >= 4 is 23.2 Å².